The average molecular weight is 447 g/mol. The van der Waals surface area contributed by atoms with E-state index in [1.807, 2.05) is 9.80 Å². The van der Waals surface area contributed by atoms with Crippen molar-refractivity contribution < 1.29 is 18.7 Å². The number of carbonyl (C=O) groups is 2. The molecule has 1 atom stereocenters. The number of thiocarbonyl (C=S) groups is 1. The van der Waals surface area contributed by atoms with E-state index in [1.54, 1.807) is 24.5 Å². The number of imidazole rings is 1. The topological polar surface area (TPSA) is 93.8 Å². The van der Waals surface area contributed by atoms with Crippen LogP contribution in [0.3, 0.4) is 0 Å². The van der Waals surface area contributed by atoms with Crippen molar-refractivity contribution in [1.82, 2.24) is 20.2 Å². The van der Waals surface area contributed by atoms with Gasteiger partial charge < -0.3 is 24.8 Å². The molecule has 0 aliphatic carbocycles. The number of cyclic esters (lactones) is 1. The third-order valence-corrected chi connectivity index (χ3v) is 5.76. The van der Waals surface area contributed by atoms with Crippen molar-refractivity contribution in [3.63, 3.8) is 0 Å². The van der Waals surface area contributed by atoms with Crippen LogP contribution in [-0.2, 0) is 9.53 Å². The third kappa shape index (κ3) is 4.61. The molecule has 11 heteroatoms. The molecule has 3 heterocycles. The van der Waals surface area contributed by atoms with Crippen molar-refractivity contribution in [2.24, 2.45) is 0 Å². The molecule has 2 N–H and O–H groups in total. The SMILES string of the molecule is CC(=O)NC[C@H]1CN(c2ccc(N3CCN(C(=S)c4ncc[nH]4)CC3)c(F)c2)C(=O)O1. The Morgan fingerprint density at radius 2 is 2.13 bits per heavy atom. The quantitative estimate of drug-likeness (QED) is 0.673. The highest BCUT2D eigenvalue weighted by Crippen LogP contribution is 2.28. The van der Waals surface area contributed by atoms with Gasteiger partial charge in [-0.15, -0.1) is 0 Å². The first-order chi connectivity index (χ1) is 14.9. The first-order valence-corrected chi connectivity index (χ1v) is 10.4. The predicted octanol–water partition coefficient (Wildman–Crippen LogP) is 1.51. The molecule has 31 heavy (non-hydrogen) atoms. The van der Waals surface area contributed by atoms with Crippen molar-refractivity contribution in [2.75, 3.05) is 49.1 Å². The molecule has 2 saturated heterocycles. The van der Waals surface area contributed by atoms with Gasteiger partial charge in [-0.25, -0.2) is 14.2 Å². The Kier molecular flexibility index (Phi) is 6.03. The largest absolute Gasteiger partial charge is 0.442 e. The van der Waals surface area contributed by atoms with Crippen molar-refractivity contribution in [1.29, 1.82) is 0 Å². The first-order valence-electron chi connectivity index (χ1n) is 9.98. The maximum Gasteiger partial charge on any atom is 0.414 e. The summed E-state index contributed by atoms with van der Waals surface area (Å²) < 4.78 is 20.2. The molecule has 2 aliphatic rings. The summed E-state index contributed by atoms with van der Waals surface area (Å²) in [7, 11) is 0. The van der Waals surface area contributed by atoms with Gasteiger partial charge in [0.15, 0.2) is 5.82 Å². The van der Waals surface area contributed by atoms with Gasteiger partial charge in [-0.1, -0.05) is 12.2 Å². The number of hydrogen-bond acceptors (Lipinski definition) is 6. The zero-order chi connectivity index (χ0) is 22.0. The molecule has 1 aromatic carbocycles. The Bertz CT molecular complexity index is 977. The number of amides is 2. The number of H-pyrrole nitrogens is 1. The van der Waals surface area contributed by atoms with E-state index in [0.717, 1.165) is 0 Å². The molecule has 164 valence electrons. The number of benzene rings is 1. The molecule has 4 rings (SSSR count). The highest BCUT2D eigenvalue weighted by molar-refractivity contribution is 7.80. The molecule has 2 aromatic rings. The molecule has 0 saturated carbocycles. The van der Waals surface area contributed by atoms with Gasteiger partial charge in [0.1, 0.15) is 16.9 Å². The van der Waals surface area contributed by atoms with Gasteiger partial charge >= 0.3 is 6.09 Å². The molecule has 2 aliphatic heterocycles. The van der Waals surface area contributed by atoms with E-state index < -0.39 is 18.0 Å². The summed E-state index contributed by atoms with van der Waals surface area (Å²) in [4.78, 5) is 36.4. The van der Waals surface area contributed by atoms with Crippen molar-refractivity contribution in [3.8, 4) is 0 Å². The Balaban J connectivity index is 1.38. The number of halogens is 1. The molecule has 0 unspecified atom stereocenters. The predicted molar refractivity (Wildman–Crippen MR) is 117 cm³/mol. The monoisotopic (exact) mass is 446 g/mol. The first kappa shape index (κ1) is 21.0. The van der Waals surface area contributed by atoms with E-state index in [0.29, 0.717) is 48.4 Å². The van der Waals surface area contributed by atoms with Crippen LogP contribution in [-0.4, -0.2) is 77.2 Å². The second-order valence-corrected chi connectivity index (χ2v) is 7.79. The minimum absolute atomic E-state index is 0.199. The molecule has 2 fully saturated rings. The van der Waals surface area contributed by atoms with Gasteiger partial charge in [0.2, 0.25) is 5.91 Å². The van der Waals surface area contributed by atoms with Crippen molar-refractivity contribution >= 4 is 40.6 Å². The lowest BCUT2D eigenvalue weighted by Gasteiger charge is -2.37. The number of ether oxygens (including phenoxy) is 1. The van der Waals surface area contributed by atoms with E-state index >= 15 is 0 Å². The van der Waals surface area contributed by atoms with E-state index in [4.69, 9.17) is 17.0 Å². The number of nitrogens with zero attached hydrogens (tertiary/aromatic N) is 4. The Hall–Kier alpha value is -3.21. The minimum Gasteiger partial charge on any atom is -0.442 e. The average Bonchev–Trinajstić information content (AvgIpc) is 3.42. The summed E-state index contributed by atoms with van der Waals surface area (Å²) >= 11 is 5.47. The Morgan fingerprint density at radius 1 is 1.35 bits per heavy atom. The number of carbonyl (C=O) groups excluding carboxylic acids is 2. The summed E-state index contributed by atoms with van der Waals surface area (Å²) in [5.41, 5.74) is 0.906. The zero-order valence-corrected chi connectivity index (χ0v) is 17.8. The normalized spacial score (nSPS) is 18.8. The molecule has 9 nitrogen and oxygen atoms in total. The van der Waals surface area contributed by atoms with Crippen LogP contribution in [0.25, 0.3) is 0 Å². The van der Waals surface area contributed by atoms with Crippen molar-refractivity contribution in [2.45, 2.75) is 13.0 Å². The molecular weight excluding hydrogens is 423 g/mol. The number of aromatic amines is 1. The van der Waals surface area contributed by atoms with Crippen molar-refractivity contribution in [3.05, 3.63) is 42.2 Å². The molecule has 1 aromatic heterocycles. The summed E-state index contributed by atoms with van der Waals surface area (Å²) in [6, 6.07) is 4.73. The summed E-state index contributed by atoms with van der Waals surface area (Å²) in [6.07, 6.45) is 2.37. The fourth-order valence-corrected chi connectivity index (χ4v) is 3.99. The third-order valence-electron chi connectivity index (χ3n) is 5.30. The highest BCUT2D eigenvalue weighted by atomic mass is 32.1. The number of nitrogens with one attached hydrogen (secondary N) is 2. The Morgan fingerprint density at radius 3 is 2.77 bits per heavy atom. The highest BCUT2D eigenvalue weighted by Gasteiger charge is 2.33. The van der Waals surface area contributed by atoms with Crippen LogP contribution in [0.1, 0.15) is 12.7 Å². The van der Waals surface area contributed by atoms with E-state index in [9.17, 15) is 14.0 Å². The van der Waals surface area contributed by atoms with Crippen LogP contribution in [0.2, 0.25) is 0 Å². The van der Waals surface area contributed by atoms with Crippen LogP contribution < -0.4 is 15.1 Å². The van der Waals surface area contributed by atoms with Crippen LogP contribution >= 0.6 is 12.2 Å². The Labute approximate surface area is 184 Å². The van der Waals surface area contributed by atoms with Crippen LogP contribution in [0.15, 0.2) is 30.6 Å². The maximum atomic E-state index is 14.9. The lowest BCUT2D eigenvalue weighted by molar-refractivity contribution is -0.119. The second-order valence-electron chi connectivity index (χ2n) is 7.41. The van der Waals surface area contributed by atoms with Gasteiger partial charge in [0, 0.05) is 45.5 Å². The maximum absolute atomic E-state index is 14.9. The summed E-state index contributed by atoms with van der Waals surface area (Å²) in [5.74, 6) is 0.0564. The van der Waals surface area contributed by atoms with E-state index in [-0.39, 0.29) is 19.0 Å². The second kappa shape index (κ2) is 8.88. The van der Waals surface area contributed by atoms with Gasteiger partial charge in [-0.2, -0.15) is 0 Å². The lowest BCUT2D eigenvalue weighted by Crippen LogP contribution is -2.49. The van der Waals surface area contributed by atoms with Crippen LogP contribution in [0.5, 0.6) is 0 Å². The van der Waals surface area contributed by atoms with Crippen LogP contribution in [0, 0.1) is 5.82 Å². The molecular formula is C20H23FN6O3S. The smallest absolute Gasteiger partial charge is 0.414 e. The fraction of sp³-hybridized carbons (Fsp3) is 0.400. The number of anilines is 2. The number of rotatable bonds is 5. The molecule has 0 bridgehead atoms. The van der Waals surface area contributed by atoms with Gasteiger partial charge in [-0.3, -0.25) is 9.69 Å². The van der Waals surface area contributed by atoms with Gasteiger partial charge in [0.25, 0.3) is 0 Å². The number of aromatic nitrogens is 2. The fourth-order valence-electron chi connectivity index (χ4n) is 3.70. The molecule has 0 radical (unpaired) electrons. The van der Waals surface area contributed by atoms with Crippen LogP contribution in [0.4, 0.5) is 20.6 Å². The van der Waals surface area contributed by atoms with E-state index in [1.165, 1.54) is 17.9 Å². The summed E-state index contributed by atoms with van der Waals surface area (Å²) in [5, 5.41) is 2.62. The summed E-state index contributed by atoms with van der Waals surface area (Å²) in [6.45, 7) is 4.41. The minimum atomic E-state index is -0.553. The standard InChI is InChI=1S/C20H23FN6O3S/c1-13(28)24-11-15-12-27(20(29)30-15)14-2-3-17(16(21)10-14)25-6-8-26(9-7-25)19(31)18-22-4-5-23-18/h2-5,10,15H,6-9,11-12H2,1H3,(H,22,23)(H,24,28)/t15-/m0/s1. The zero-order valence-electron chi connectivity index (χ0n) is 17.0. The molecule has 2 amide bonds. The number of piperazine rings is 1. The molecule has 0 spiro atoms. The lowest BCUT2D eigenvalue weighted by atomic mass is 10.2. The number of hydrogen-bond donors (Lipinski definition) is 2. The van der Waals surface area contributed by atoms with E-state index in [2.05, 4.69) is 15.3 Å². The van der Waals surface area contributed by atoms with Gasteiger partial charge in [0.05, 0.1) is 24.5 Å². The van der Waals surface area contributed by atoms with Gasteiger partial charge in [-0.05, 0) is 18.2 Å².